The SMILES string of the molecule is O=C(CCc1ccc(S(=O)(=O)N2CCCCCC2)cc1)N1CCC(n2ccnc2)CC1. The van der Waals surface area contributed by atoms with E-state index in [4.69, 9.17) is 0 Å². The van der Waals surface area contributed by atoms with Crippen LogP contribution in [0.3, 0.4) is 0 Å². The number of rotatable bonds is 6. The number of imidazole rings is 1. The number of carbonyl (C=O) groups is 1. The Hall–Kier alpha value is -2.19. The van der Waals surface area contributed by atoms with Crippen LogP contribution in [-0.2, 0) is 21.2 Å². The van der Waals surface area contributed by atoms with Crippen LogP contribution in [0, 0.1) is 0 Å². The molecule has 0 spiro atoms. The fraction of sp³-hybridized carbons (Fsp3) is 0.565. The van der Waals surface area contributed by atoms with Gasteiger partial charge in [0.1, 0.15) is 0 Å². The third-order valence-electron chi connectivity index (χ3n) is 6.52. The molecule has 2 aromatic rings. The third kappa shape index (κ3) is 5.36. The lowest BCUT2D eigenvalue weighted by Gasteiger charge is -2.32. The van der Waals surface area contributed by atoms with Crippen molar-refractivity contribution in [2.75, 3.05) is 26.2 Å². The van der Waals surface area contributed by atoms with Crippen molar-refractivity contribution < 1.29 is 13.2 Å². The minimum Gasteiger partial charge on any atom is -0.343 e. The van der Waals surface area contributed by atoms with Gasteiger partial charge in [-0.2, -0.15) is 4.31 Å². The van der Waals surface area contributed by atoms with Crippen molar-refractivity contribution in [1.29, 1.82) is 0 Å². The molecular formula is C23H32N4O3S. The summed E-state index contributed by atoms with van der Waals surface area (Å²) in [7, 11) is -3.42. The summed E-state index contributed by atoms with van der Waals surface area (Å²) in [5.74, 6) is 0.172. The van der Waals surface area contributed by atoms with Gasteiger partial charge in [0, 0.05) is 51.0 Å². The molecule has 2 aliphatic heterocycles. The number of aryl methyl sites for hydroxylation is 1. The van der Waals surface area contributed by atoms with Gasteiger partial charge in [0.25, 0.3) is 0 Å². The highest BCUT2D eigenvalue weighted by Gasteiger charge is 2.25. The van der Waals surface area contributed by atoms with E-state index in [9.17, 15) is 13.2 Å². The van der Waals surface area contributed by atoms with Crippen molar-refractivity contribution in [3.63, 3.8) is 0 Å². The van der Waals surface area contributed by atoms with E-state index in [1.807, 2.05) is 29.6 Å². The fourth-order valence-corrected chi connectivity index (χ4v) is 6.08. The van der Waals surface area contributed by atoms with Crippen molar-refractivity contribution >= 4 is 15.9 Å². The van der Waals surface area contributed by atoms with E-state index in [-0.39, 0.29) is 5.91 Å². The normalized spacial score (nSPS) is 19.3. The summed E-state index contributed by atoms with van der Waals surface area (Å²) >= 11 is 0. The highest BCUT2D eigenvalue weighted by atomic mass is 32.2. The average molecular weight is 445 g/mol. The molecule has 1 aromatic heterocycles. The number of amides is 1. The lowest BCUT2D eigenvalue weighted by Crippen LogP contribution is -2.39. The Morgan fingerprint density at radius 3 is 2.26 bits per heavy atom. The first kappa shape index (κ1) is 22.0. The van der Waals surface area contributed by atoms with Gasteiger partial charge in [-0.1, -0.05) is 25.0 Å². The Bertz CT molecular complexity index is 941. The van der Waals surface area contributed by atoms with E-state index in [1.165, 1.54) is 0 Å². The molecule has 0 unspecified atom stereocenters. The summed E-state index contributed by atoms with van der Waals surface area (Å²) in [6.07, 6.45) is 12.7. The molecule has 0 N–H and O–H groups in total. The predicted octanol–water partition coefficient (Wildman–Crippen LogP) is 3.24. The highest BCUT2D eigenvalue weighted by molar-refractivity contribution is 7.89. The zero-order valence-corrected chi connectivity index (χ0v) is 18.8. The summed E-state index contributed by atoms with van der Waals surface area (Å²) in [6.45, 7) is 2.76. The Balaban J connectivity index is 1.28. The molecule has 8 heteroatoms. The van der Waals surface area contributed by atoms with Crippen LogP contribution in [0.1, 0.15) is 56.6 Å². The van der Waals surface area contributed by atoms with Gasteiger partial charge >= 0.3 is 0 Å². The van der Waals surface area contributed by atoms with Gasteiger partial charge in [-0.25, -0.2) is 13.4 Å². The molecule has 0 aliphatic carbocycles. The molecule has 0 saturated carbocycles. The Morgan fingerprint density at radius 2 is 1.65 bits per heavy atom. The van der Waals surface area contributed by atoms with Gasteiger partial charge in [0.05, 0.1) is 11.2 Å². The second-order valence-electron chi connectivity index (χ2n) is 8.58. The predicted molar refractivity (Wildman–Crippen MR) is 119 cm³/mol. The lowest BCUT2D eigenvalue weighted by atomic mass is 10.0. The maximum absolute atomic E-state index is 12.9. The number of hydrogen-bond donors (Lipinski definition) is 0. The third-order valence-corrected chi connectivity index (χ3v) is 8.43. The quantitative estimate of drug-likeness (QED) is 0.685. The number of aromatic nitrogens is 2. The number of likely N-dealkylation sites (tertiary alicyclic amines) is 1. The summed E-state index contributed by atoms with van der Waals surface area (Å²) in [4.78, 5) is 19.0. The topological polar surface area (TPSA) is 75.5 Å². The van der Waals surface area contributed by atoms with Crippen LogP contribution in [0.15, 0.2) is 47.9 Å². The molecule has 2 aliphatic rings. The Kier molecular flexibility index (Phi) is 7.07. The number of piperidine rings is 1. The van der Waals surface area contributed by atoms with Crippen molar-refractivity contribution in [2.24, 2.45) is 0 Å². The molecule has 3 heterocycles. The van der Waals surface area contributed by atoms with Crippen molar-refractivity contribution in [1.82, 2.24) is 18.8 Å². The highest BCUT2D eigenvalue weighted by Crippen LogP contribution is 2.23. The monoisotopic (exact) mass is 444 g/mol. The minimum atomic E-state index is -3.42. The summed E-state index contributed by atoms with van der Waals surface area (Å²) in [6, 6.07) is 7.50. The van der Waals surface area contributed by atoms with Gasteiger partial charge in [0.15, 0.2) is 0 Å². The molecule has 31 heavy (non-hydrogen) atoms. The molecule has 1 amide bonds. The molecule has 7 nitrogen and oxygen atoms in total. The maximum atomic E-state index is 12.9. The van der Waals surface area contributed by atoms with Crippen LogP contribution >= 0.6 is 0 Å². The standard InChI is InChI=1S/C23H32N4O3S/c28-23(25-16-11-21(12-17-25)26-18-13-24-19-26)10-7-20-5-8-22(9-6-20)31(29,30)27-14-3-1-2-4-15-27/h5-6,8-9,13,18-19,21H,1-4,7,10-12,14-17H2. The average Bonchev–Trinajstić information content (AvgIpc) is 3.19. The molecule has 168 valence electrons. The van der Waals surface area contributed by atoms with E-state index in [0.717, 1.165) is 57.2 Å². The van der Waals surface area contributed by atoms with Gasteiger partial charge in [0.2, 0.25) is 15.9 Å². The molecule has 0 atom stereocenters. The van der Waals surface area contributed by atoms with Crippen molar-refractivity contribution in [3.8, 4) is 0 Å². The fourth-order valence-electron chi connectivity index (χ4n) is 4.57. The van der Waals surface area contributed by atoms with E-state index in [0.29, 0.717) is 36.9 Å². The molecule has 0 radical (unpaired) electrons. The van der Waals surface area contributed by atoms with Crippen LogP contribution in [0.4, 0.5) is 0 Å². The number of nitrogens with zero attached hydrogens (tertiary/aromatic N) is 4. The first-order valence-corrected chi connectivity index (χ1v) is 12.8. The second kappa shape index (κ2) is 9.96. The first-order valence-electron chi connectivity index (χ1n) is 11.4. The number of benzene rings is 1. The number of carbonyl (C=O) groups excluding carboxylic acids is 1. The van der Waals surface area contributed by atoms with Crippen LogP contribution in [0.25, 0.3) is 0 Å². The second-order valence-corrected chi connectivity index (χ2v) is 10.5. The molecular weight excluding hydrogens is 412 g/mol. The van der Waals surface area contributed by atoms with Crippen LogP contribution in [0.2, 0.25) is 0 Å². The van der Waals surface area contributed by atoms with Crippen LogP contribution in [0.5, 0.6) is 0 Å². The molecule has 0 bridgehead atoms. The van der Waals surface area contributed by atoms with E-state index in [1.54, 1.807) is 22.6 Å². The summed E-state index contributed by atoms with van der Waals surface area (Å²) in [5.41, 5.74) is 0.997. The van der Waals surface area contributed by atoms with Crippen LogP contribution < -0.4 is 0 Å². The Labute approximate surface area is 185 Å². The summed E-state index contributed by atoms with van der Waals surface area (Å²) < 4.78 is 29.5. The molecule has 2 fully saturated rings. The number of sulfonamides is 1. The first-order chi connectivity index (χ1) is 15.0. The van der Waals surface area contributed by atoms with Crippen molar-refractivity contribution in [3.05, 3.63) is 48.5 Å². The van der Waals surface area contributed by atoms with Crippen molar-refractivity contribution in [2.45, 2.75) is 62.3 Å². The van der Waals surface area contributed by atoms with Crippen LogP contribution in [-0.4, -0.2) is 59.3 Å². The zero-order valence-electron chi connectivity index (χ0n) is 18.0. The Morgan fingerprint density at radius 1 is 0.968 bits per heavy atom. The largest absolute Gasteiger partial charge is 0.343 e. The van der Waals surface area contributed by atoms with Gasteiger partial charge in [-0.3, -0.25) is 4.79 Å². The van der Waals surface area contributed by atoms with Gasteiger partial charge in [-0.05, 0) is 49.8 Å². The molecule has 1 aromatic carbocycles. The summed E-state index contributed by atoms with van der Waals surface area (Å²) in [5, 5.41) is 0. The zero-order chi connectivity index (χ0) is 21.7. The molecule has 2 saturated heterocycles. The molecule has 4 rings (SSSR count). The smallest absolute Gasteiger partial charge is 0.243 e. The maximum Gasteiger partial charge on any atom is 0.243 e. The van der Waals surface area contributed by atoms with E-state index < -0.39 is 10.0 Å². The minimum absolute atomic E-state index is 0.172. The van der Waals surface area contributed by atoms with Gasteiger partial charge < -0.3 is 9.47 Å². The van der Waals surface area contributed by atoms with E-state index >= 15 is 0 Å². The lowest BCUT2D eigenvalue weighted by molar-refractivity contribution is -0.132. The van der Waals surface area contributed by atoms with E-state index in [2.05, 4.69) is 9.55 Å². The number of hydrogen-bond acceptors (Lipinski definition) is 4. The van der Waals surface area contributed by atoms with Gasteiger partial charge in [-0.15, -0.1) is 0 Å².